The molecule has 0 N–H and O–H groups in total. The van der Waals surface area contributed by atoms with Crippen molar-refractivity contribution in [2.24, 2.45) is 5.92 Å². The zero-order valence-electron chi connectivity index (χ0n) is 25.1. The molecule has 3 aromatic heterocycles. The summed E-state index contributed by atoms with van der Waals surface area (Å²) in [4.78, 5) is 30.2. The van der Waals surface area contributed by atoms with Crippen molar-refractivity contribution in [2.45, 2.75) is 65.6 Å². The Morgan fingerprint density at radius 1 is 0.905 bits per heavy atom. The van der Waals surface area contributed by atoms with Crippen LogP contribution in [-0.2, 0) is 29.0 Å². The van der Waals surface area contributed by atoms with Crippen LogP contribution in [0.3, 0.4) is 0 Å². The van der Waals surface area contributed by atoms with Crippen LogP contribution in [0.2, 0.25) is 0 Å². The molecule has 4 heterocycles. The number of piperidine rings is 1. The van der Waals surface area contributed by atoms with E-state index in [1.807, 2.05) is 70.6 Å². The van der Waals surface area contributed by atoms with Gasteiger partial charge < -0.3 is 14.4 Å². The van der Waals surface area contributed by atoms with Gasteiger partial charge >= 0.3 is 0 Å². The van der Waals surface area contributed by atoms with Crippen LogP contribution in [0.5, 0.6) is 5.75 Å². The van der Waals surface area contributed by atoms with Gasteiger partial charge in [0, 0.05) is 44.5 Å². The number of rotatable bonds is 9. The van der Waals surface area contributed by atoms with Crippen molar-refractivity contribution in [1.29, 1.82) is 0 Å². The van der Waals surface area contributed by atoms with Crippen LogP contribution in [0.25, 0.3) is 0 Å². The average Bonchev–Trinajstić information content (AvgIpc) is 2.98. The largest absolute Gasteiger partial charge is 0.485 e. The van der Waals surface area contributed by atoms with Gasteiger partial charge in [-0.1, -0.05) is 42.5 Å². The zero-order chi connectivity index (χ0) is 29.8. The fraction of sp³-hybridized carbons (Fsp3) is 0.382. The summed E-state index contributed by atoms with van der Waals surface area (Å²) < 4.78 is 10.5. The topological polar surface area (TPSA) is 90.3 Å². The van der Waals surface area contributed by atoms with Gasteiger partial charge in [-0.3, -0.25) is 9.78 Å². The van der Waals surface area contributed by atoms with Crippen molar-refractivity contribution >= 4 is 12.3 Å². The summed E-state index contributed by atoms with van der Waals surface area (Å²) in [6, 6.07) is 18.6. The number of carbonyl (C=O) groups is 1. The highest BCUT2D eigenvalue weighted by Gasteiger charge is 2.21. The number of anilines is 1. The third-order valence-electron chi connectivity index (χ3n) is 6.97. The highest BCUT2D eigenvalue weighted by molar-refractivity contribution is 5.40. The van der Waals surface area contributed by atoms with Gasteiger partial charge in [0.05, 0.1) is 11.9 Å². The lowest BCUT2D eigenvalue weighted by Gasteiger charge is -2.32. The SMILES string of the molecule is CC(C)(C)OC=O.Cc1nc(CC2CCN(c3ccc(Cc4cccnc4)cn3)CC2)ncc1OCc1ccccc1. The highest BCUT2D eigenvalue weighted by atomic mass is 16.5. The Kier molecular flexibility index (Phi) is 11.0. The van der Waals surface area contributed by atoms with Gasteiger partial charge in [0.25, 0.3) is 6.47 Å². The molecule has 1 fully saturated rings. The molecule has 0 bridgehead atoms. The Morgan fingerprint density at radius 2 is 1.64 bits per heavy atom. The summed E-state index contributed by atoms with van der Waals surface area (Å²) in [6.07, 6.45) is 11.5. The fourth-order valence-electron chi connectivity index (χ4n) is 4.69. The van der Waals surface area contributed by atoms with Crippen molar-refractivity contribution < 1.29 is 14.3 Å². The molecule has 1 saturated heterocycles. The van der Waals surface area contributed by atoms with Crippen molar-refractivity contribution in [3.63, 3.8) is 0 Å². The van der Waals surface area contributed by atoms with E-state index in [-0.39, 0.29) is 5.60 Å². The fourth-order valence-corrected chi connectivity index (χ4v) is 4.69. The molecule has 0 saturated carbocycles. The van der Waals surface area contributed by atoms with E-state index in [0.717, 1.165) is 67.4 Å². The molecule has 8 heteroatoms. The monoisotopic (exact) mass is 567 g/mol. The van der Waals surface area contributed by atoms with E-state index in [4.69, 9.17) is 14.7 Å². The Morgan fingerprint density at radius 3 is 2.24 bits per heavy atom. The molecule has 42 heavy (non-hydrogen) atoms. The Bertz CT molecular complexity index is 1370. The summed E-state index contributed by atoms with van der Waals surface area (Å²) in [6.45, 7) is 10.5. The predicted octanol–water partition coefficient (Wildman–Crippen LogP) is 6.16. The quantitative estimate of drug-likeness (QED) is 0.222. The minimum atomic E-state index is -0.318. The van der Waals surface area contributed by atoms with E-state index in [1.54, 1.807) is 6.20 Å². The molecule has 0 aliphatic carbocycles. The number of aryl methyl sites for hydroxylation is 1. The summed E-state index contributed by atoms with van der Waals surface area (Å²) >= 11 is 0. The zero-order valence-corrected chi connectivity index (χ0v) is 25.1. The molecule has 0 amide bonds. The first-order valence-electron chi connectivity index (χ1n) is 14.5. The van der Waals surface area contributed by atoms with Crippen LogP contribution < -0.4 is 9.64 Å². The number of benzene rings is 1. The van der Waals surface area contributed by atoms with Crippen LogP contribution in [0.15, 0.2) is 79.4 Å². The maximum atomic E-state index is 9.60. The molecule has 0 unspecified atom stereocenters. The van der Waals surface area contributed by atoms with Gasteiger partial charge in [-0.15, -0.1) is 0 Å². The molecule has 1 aliphatic rings. The molecule has 5 rings (SSSR count). The number of nitrogens with zero attached hydrogens (tertiary/aromatic N) is 5. The number of ether oxygens (including phenoxy) is 2. The predicted molar refractivity (Wildman–Crippen MR) is 164 cm³/mol. The number of hydrogen-bond acceptors (Lipinski definition) is 8. The van der Waals surface area contributed by atoms with E-state index in [1.165, 1.54) is 11.1 Å². The second kappa shape index (κ2) is 15.1. The van der Waals surface area contributed by atoms with E-state index < -0.39 is 0 Å². The average molecular weight is 568 g/mol. The molecule has 8 nitrogen and oxygen atoms in total. The molecule has 4 aromatic rings. The van der Waals surface area contributed by atoms with Gasteiger partial charge in [-0.25, -0.2) is 15.0 Å². The van der Waals surface area contributed by atoms with Crippen LogP contribution in [0.4, 0.5) is 5.82 Å². The van der Waals surface area contributed by atoms with Gasteiger partial charge in [0.1, 0.15) is 23.9 Å². The summed E-state index contributed by atoms with van der Waals surface area (Å²) in [7, 11) is 0. The first-order valence-corrected chi connectivity index (χ1v) is 14.5. The van der Waals surface area contributed by atoms with E-state index >= 15 is 0 Å². The first kappa shape index (κ1) is 30.6. The first-order chi connectivity index (χ1) is 20.3. The summed E-state index contributed by atoms with van der Waals surface area (Å²) in [5, 5.41) is 0. The van der Waals surface area contributed by atoms with Crippen LogP contribution in [-0.4, -0.2) is 45.1 Å². The molecule has 220 valence electrons. The highest BCUT2D eigenvalue weighted by Crippen LogP contribution is 2.25. The number of aromatic nitrogens is 4. The lowest BCUT2D eigenvalue weighted by Crippen LogP contribution is -2.35. The third-order valence-corrected chi connectivity index (χ3v) is 6.97. The summed E-state index contributed by atoms with van der Waals surface area (Å²) in [5.74, 6) is 3.31. The van der Waals surface area contributed by atoms with Crippen LogP contribution in [0.1, 0.15) is 61.8 Å². The molecule has 0 radical (unpaired) electrons. The van der Waals surface area contributed by atoms with Crippen LogP contribution in [0, 0.1) is 12.8 Å². The van der Waals surface area contributed by atoms with Gasteiger partial charge in [-0.05, 0) is 75.3 Å². The minimum absolute atomic E-state index is 0.318. The second-order valence-electron chi connectivity index (χ2n) is 11.5. The van der Waals surface area contributed by atoms with Gasteiger partial charge in [0.2, 0.25) is 0 Å². The molecular formula is C34H41N5O3. The Hall–Kier alpha value is -4.33. The van der Waals surface area contributed by atoms with Crippen molar-refractivity contribution in [3.8, 4) is 5.75 Å². The molecule has 0 atom stereocenters. The second-order valence-corrected chi connectivity index (χ2v) is 11.5. The van der Waals surface area contributed by atoms with E-state index in [9.17, 15) is 4.79 Å². The van der Waals surface area contributed by atoms with Crippen molar-refractivity contribution in [2.75, 3.05) is 18.0 Å². The lowest BCUT2D eigenvalue weighted by atomic mass is 9.93. The molecule has 0 spiro atoms. The molecular weight excluding hydrogens is 526 g/mol. The normalized spacial score (nSPS) is 13.6. The smallest absolute Gasteiger partial charge is 0.293 e. The van der Waals surface area contributed by atoms with Gasteiger partial charge in [-0.2, -0.15) is 0 Å². The van der Waals surface area contributed by atoms with Gasteiger partial charge in [0.15, 0.2) is 5.75 Å². The maximum absolute atomic E-state index is 9.60. The van der Waals surface area contributed by atoms with E-state index in [2.05, 4.69) is 49.9 Å². The standard InChI is InChI=1S/C29H31N5O.C5H10O2/c1-22-27(35-21-24-6-3-2-4-7-24)20-31-28(33-22)17-23-11-14-34(15-12-23)29-10-9-26(19-32-29)16-25-8-5-13-30-18-25;1-5(2,3)7-4-6/h2-10,13,18-20,23H,11-12,14-17,21H2,1H3;4H,1-3H3. The lowest BCUT2D eigenvalue weighted by molar-refractivity contribution is -0.138. The van der Waals surface area contributed by atoms with E-state index in [0.29, 0.717) is 19.0 Å². The van der Waals surface area contributed by atoms with Crippen molar-refractivity contribution in [3.05, 3.63) is 108 Å². The molecule has 1 aliphatic heterocycles. The Balaban J connectivity index is 0.000000517. The van der Waals surface area contributed by atoms with Crippen LogP contribution >= 0.6 is 0 Å². The maximum Gasteiger partial charge on any atom is 0.293 e. The number of pyridine rings is 2. The minimum Gasteiger partial charge on any atom is -0.485 e. The number of carbonyl (C=O) groups excluding carboxylic acids is 1. The Labute approximate surface area is 249 Å². The number of hydrogen-bond donors (Lipinski definition) is 0. The molecule has 1 aromatic carbocycles. The third kappa shape index (κ3) is 9.94. The summed E-state index contributed by atoms with van der Waals surface area (Å²) in [5.41, 5.74) is 4.14. The van der Waals surface area contributed by atoms with Crippen molar-refractivity contribution in [1.82, 2.24) is 19.9 Å².